The van der Waals surface area contributed by atoms with Crippen LogP contribution in [0.1, 0.15) is 40.0 Å². The topological polar surface area (TPSA) is 41.6 Å². The van der Waals surface area contributed by atoms with E-state index in [1.165, 1.54) is 12.8 Å². The van der Waals surface area contributed by atoms with E-state index in [1.807, 2.05) is 0 Å². The van der Waals surface area contributed by atoms with Crippen LogP contribution in [0.25, 0.3) is 0 Å². The van der Waals surface area contributed by atoms with Crippen LogP contribution in [0.5, 0.6) is 0 Å². The van der Waals surface area contributed by atoms with Crippen molar-refractivity contribution in [3.8, 4) is 0 Å². The molecule has 4 nitrogen and oxygen atoms in total. The maximum absolute atomic E-state index is 12.3. The summed E-state index contributed by atoms with van der Waals surface area (Å²) < 4.78 is 4.96. The average molecular weight is 256 g/mol. The molecule has 1 N–H and O–H groups in total. The van der Waals surface area contributed by atoms with E-state index in [4.69, 9.17) is 4.74 Å². The van der Waals surface area contributed by atoms with Crippen LogP contribution in [-0.2, 0) is 9.53 Å². The quantitative estimate of drug-likeness (QED) is 0.638. The summed E-state index contributed by atoms with van der Waals surface area (Å²) in [6.07, 6.45) is 3.46. The largest absolute Gasteiger partial charge is 0.383 e. The highest BCUT2D eigenvalue weighted by Gasteiger charge is 2.36. The molecule has 0 aliphatic heterocycles. The molecule has 0 aromatic rings. The molecule has 1 saturated carbocycles. The lowest BCUT2D eigenvalue weighted by molar-refractivity contribution is -0.134. The summed E-state index contributed by atoms with van der Waals surface area (Å²) in [5.74, 6) is 0.801. The highest BCUT2D eigenvalue weighted by atomic mass is 16.5. The molecular weight excluding hydrogens is 228 g/mol. The fourth-order valence-corrected chi connectivity index (χ4v) is 2.19. The van der Waals surface area contributed by atoms with Gasteiger partial charge in [0.15, 0.2) is 0 Å². The summed E-state index contributed by atoms with van der Waals surface area (Å²) in [6, 6.07) is 0.838. The third-order valence-corrected chi connectivity index (χ3v) is 3.89. The fourth-order valence-electron chi connectivity index (χ4n) is 2.19. The number of methoxy groups -OCH3 is 1. The third-order valence-electron chi connectivity index (χ3n) is 3.89. The van der Waals surface area contributed by atoms with Crippen LogP contribution in [0.4, 0.5) is 0 Å². The highest BCUT2D eigenvalue weighted by molar-refractivity contribution is 5.79. The predicted octanol–water partition coefficient (Wildman–Crippen LogP) is 1.65. The zero-order valence-electron chi connectivity index (χ0n) is 12.2. The molecule has 2 atom stereocenters. The van der Waals surface area contributed by atoms with Gasteiger partial charge >= 0.3 is 0 Å². The van der Waals surface area contributed by atoms with Crippen molar-refractivity contribution in [1.82, 2.24) is 10.2 Å². The van der Waals surface area contributed by atoms with E-state index in [2.05, 4.69) is 31.0 Å². The fraction of sp³-hybridized carbons (Fsp3) is 0.929. The molecule has 1 aliphatic carbocycles. The molecule has 0 aromatic carbocycles. The van der Waals surface area contributed by atoms with Gasteiger partial charge in [-0.1, -0.05) is 20.3 Å². The van der Waals surface area contributed by atoms with Crippen molar-refractivity contribution in [3.63, 3.8) is 0 Å². The van der Waals surface area contributed by atoms with Crippen LogP contribution >= 0.6 is 0 Å². The normalized spacial score (nSPS) is 18.4. The highest BCUT2D eigenvalue weighted by Crippen LogP contribution is 2.31. The number of carbonyl (C=O) groups excluding carboxylic acids is 1. The molecule has 0 saturated heterocycles. The molecular formula is C14H28N2O2. The van der Waals surface area contributed by atoms with Crippen molar-refractivity contribution in [3.05, 3.63) is 0 Å². The van der Waals surface area contributed by atoms with Crippen LogP contribution in [0.3, 0.4) is 0 Å². The molecule has 106 valence electrons. The second kappa shape index (κ2) is 7.74. The number of nitrogens with one attached hydrogen (secondary N) is 1. The molecule has 1 amide bonds. The van der Waals surface area contributed by atoms with Gasteiger partial charge in [-0.05, 0) is 25.7 Å². The van der Waals surface area contributed by atoms with Gasteiger partial charge in [0.05, 0.1) is 13.2 Å². The van der Waals surface area contributed by atoms with Gasteiger partial charge < -0.3 is 15.0 Å². The monoisotopic (exact) mass is 256 g/mol. The summed E-state index contributed by atoms with van der Waals surface area (Å²) in [5.41, 5.74) is 0. The number of rotatable bonds is 9. The minimum atomic E-state index is 0.237. The summed E-state index contributed by atoms with van der Waals surface area (Å²) >= 11 is 0. The van der Waals surface area contributed by atoms with Gasteiger partial charge in [-0.25, -0.2) is 0 Å². The van der Waals surface area contributed by atoms with E-state index in [0.717, 1.165) is 13.0 Å². The van der Waals surface area contributed by atoms with E-state index < -0.39 is 0 Å². The number of hydrogen-bond donors (Lipinski definition) is 1. The Hall–Kier alpha value is -0.610. The maximum Gasteiger partial charge on any atom is 0.237 e. The first kappa shape index (κ1) is 15.4. The van der Waals surface area contributed by atoms with E-state index >= 15 is 0 Å². The number of ether oxygens (including phenoxy) is 1. The van der Waals surface area contributed by atoms with E-state index in [0.29, 0.717) is 31.2 Å². The van der Waals surface area contributed by atoms with Crippen LogP contribution in [0.15, 0.2) is 0 Å². The smallest absolute Gasteiger partial charge is 0.237 e. The Balaban J connectivity index is 2.43. The average Bonchev–Trinajstić information content (AvgIpc) is 3.18. The molecule has 1 rings (SSSR count). The number of hydrogen-bond acceptors (Lipinski definition) is 3. The molecule has 0 radical (unpaired) electrons. The SMILES string of the molecule is CCC(C)C(C)N(C(=O)CNCCOC)C1CC1. The van der Waals surface area contributed by atoms with Gasteiger partial charge in [0.1, 0.15) is 0 Å². The Bertz CT molecular complexity index is 254. The van der Waals surface area contributed by atoms with Crippen molar-refractivity contribution < 1.29 is 9.53 Å². The van der Waals surface area contributed by atoms with Gasteiger partial charge in [0, 0.05) is 25.7 Å². The molecule has 0 spiro atoms. The Morgan fingerprint density at radius 2 is 2.11 bits per heavy atom. The lowest BCUT2D eigenvalue weighted by atomic mass is 9.99. The number of nitrogens with zero attached hydrogens (tertiary/aromatic N) is 1. The molecule has 1 aliphatic rings. The van der Waals surface area contributed by atoms with E-state index in [-0.39, 0.29) is 5.91 Å². The van der Waals surface area contributed by atoms with Crippen LogP contribution in [0, 0.1) is 5.92 Å². The second-order valence-corrected chi connectivity index (χ2v) is 5.33. The van der Waals surface area contributed by atoms with Gasteiger partial charge in [-0.3, -0.25) is 4.79 Å². The van der Waals surface area contributed by atoms with E-state index in [9.17, 15) is 4.79 Å². The zero-order valence-corrected chi connectivity index (χ0v) is 12.2. The Labute approximate surface area is 111 Å². The predicted molar refractivity (Wildman–Crippen MR) is 73.5 cm³/mol. The summed E-state index contributed by atoms with van der Waals surface area (Å²) in [5, 5.41) is 3.14. The van der Waals surface area contributed by atoms with Gasteiger partial charge in [0.25, 0.3) is 0 Å². The van der Waals surface area contributed by atoms with Crippen LogP contribution < -0.4 is 5.32 Å². The van der Waals surface area contributed by atoms with Gasteiger partial charge in [0.2, 0.25) is 5.91 Å². The van der Waals surface area contributed by atoms with Gasteiger partial charge in [-0.2, -0.15) is 0 Å². The van der Waals surface area contributed by atoms with Crippen molar-refractivity contribution in [1.29, 1.82) is 0 Å². The lowest BCUT2D eigenvalue weighted by Gasteiger charge is -2.33. The first-order valence-electron chi connectivity index (χ1n) is 7.12. The second-order valence-electron chi connectivity index (χ2n) is 5.33. The number of amides is 1. The molecule has 0 heterocycles. The van der Waals surface area contributed by atoms with Crippen LogP contribution in [0.2, 0.25) is 0 Å². The number of carbonyl (C=O) groups is 1. The molecule has 0 aromatic heterocycles. The first-order chi connectivity index (χ1) is 8.61. The van der Waals surface area contributed by atoms with Crippen molar-refractivity contribution >= 4 is 5.91 Å². The summed E-state index contributed by atoms with van der Waals surface area (Å²) in [4.78, 5) is 14.4. The van der Waals surface area contributed by atoms with Crippen molar-refractivity contribution in [2.75, 3.05) is 26.8 Å². The van der Waals surface area contributed by atoms with Crippen LogP contribution in [-0.4, -0.2) is 49.7 Å². The molecule has 2 unspecified atom stereocenters. The summed E-state index contributed by atoms with van der Waals surface area (Å²) in [6.45, 7) is 8.41. The minimum Gasteiger partial charge on any atom is -0.383 e. The third kappa shape index (κ3) is 4.58. The zero-order chi connectivity index (χ0) is 13.5. The standard InChI is InChI=1S/C14H28N2O2/c1-5-11(2)12(3)16(13-6-7-13)14(17)10-15-8-9-18-4/h11-13,15H,5-10H2,1-4H3. The molecule has 4 heteroatoms. The molecule has 1 fully saturated rings. The minimum absolute atomic E-state index is 0.237. The van der Waals surface area contributed by atoms with Crippen molar-refractivity contribution in [2.24, 2.45) is 5.92 Å². The maximum atomic E-state index is 12.3. The Kier molecular flexibility index (Phi) is 6.65. The lowest BCUT2D eigenvalue weighted by Crippen LogP contribution is -2.47. The van der Waals surface area contributed by atoms with Crippen molar-refractivity contribution in [2.45, 2.75) is 52.1 Å². The van der Waals surface area contributed by atoms with E-state index in [1.54, 1.807) is 7.11 Å². The summed E-state index contributed by atoms with van der Waals surface area (Å²) in [7, 11) is 1.67. The Morgan fingerprint density at radius 1 is 1.44 bits per heavy atom. The Morgan fingerprint density at radius 3 is 2.61 bits per heavy atom. The molecule has 0 bridgehead atoms. The first-order valence-corrected chi connectivity index (χ1v) is 7.12. The molecule has 18 heavy (non-hydrogen) atoms. The van der Waals surface area contributed by atoms with Gasteiger partial charge in [-0.15, -0.1) is 0 Å².